The number of aromatic nitrogens is 3. The first-order valence-electron chi connectivity index (χ1n) is 8.62. The second kappa shape index (κ2) is 8.49. The lowest BCUT2D eigenvalue weighted by Crippen LogP contribution is -2.37. The maximum absolute atomic E-state index is 11.1. The first-order valence-corrected chi connectivity index (χ1v) is 9.61. The Morgan fingerprint density at radius 1 is 1.28 bits per heavy atom. The van der Waals surface area contributed by atoms with Crippen molar-refractivity contribution in [2.45, 2.75) is 31.8 Å². The highest BCUT2D eigenvalue weighted by Crippen LogP contribution is 2.28. The number of carbonyl (C=O) groups excluding carboxylic acids is 1. The summed E-state index contributed by atoms with van der Waals surface area (Å²) in [7, 11) is 0. The fourth-order valence-corrected chi connectivity index (χ4v) is 3.69. The Labute approximate surface area is 152 Å². The highest BCUT2D eigenvalue weighted by molar-refractivity contribution is 7.99. The Balaban J connectivity index is 1.86. The van der Waals surface area contributed by atoms with Crippen LogP contribution in [0.25, 0.3) is 5.69 Å². The molecule has 0 atom stereocenters. The molecule has 134 valence electrons. The standard InChI is InChI=1S/C18H24N4O2S/c1-14-5-3-7-16(13-14)22-17(21-8-10-24-11-9-21)19-20-18(22)25-12-4-6-15(2)23/h3,5,7,13H,4,6,8-12H2,1-2H3. The summed E-state index contributed by atoms with van der Waals surface area (Å²) in [6.45, 7) is 6.78. The lowest BCUT2D eigenvalue weighted by atomic mass is 10.2. The summed E-state index contributed by atoms with van der Waals surface area (Å²) in [4.78, 5) is 13.4. The van der Waals surface area contributed by atoms with Crippen LogP contribution >= 0.6 is 11.8 Å². The minimum absolute atomic E-state index is 0.231. The van der Waals surface area contributed by atoms with E-state index in [-0.39, 0.29) is 5.78 Å². The molecule has 1 aliphatic heterocycles. The highest BCUT2D eigenvalue weighted by Gasteiger charge is 2.21. The van der Waals surface area contributed by atoms with E-state index < -0.39 is 0 Å². The number of anilines is 1. The molecule has 0 unspecified atom stereocenters. The SMILES string of the molecule is CC(=O)CCCSc1nnc(N2CCOCC2)n1-c1cccc(C)c1. The van der Waals surface area contributed by atoms with Gasteiger partial charge >= 0.3 is 0 Å². The topological polar surface area (TPSA) is 60.3 Å². The number of ketones is 1. The number of nitrogens with zero attached hydrogens (tertiary/aromatic N) is 4. The van der Waals surface area contributed by atoms with E-state index in [0.29, 0.717) is 19.6 Å². The van der Waals surface area contributed by atoms with Gasteiger partial charge in [-0.1, -0.05) is 23.9 Å². The number of rotatable bonds is 7. The van der Waals surface area contributed by atoms with E-state index in [4.69, 9.17) is 4.74 Å². The average Bonchev–Trinajstić information content (AvgIpc) is 3.03. The molecule has 6 nitrogen and oxygen atoms in total. The number of thioether (sulfide) groups is 1. The third-order valence-corrected chi connectivity index (χ3v) is 5.09. The van der Waals surface area contributed by atoms with Crippen molar-refractivity contribution in [3.8, 4) is 5.69 Å². The van der Waals surface area contributed by atoms with E-state index >= 15 is 0 Å². The molecule has 0 saturated carbocycles. The minimum atomic E-state index is 0.231. The summed E-state index contributed by atoms with van der Waals surface area (Å²) in [6.07, 6.45) is 1.47. The van der Waals surface area contributed by atoms with Crippen LogP contribution in [0.2, 0.25) is 0 Å². The largest absolute Gasteiger partial charge is 0.378 e. The lowest BCUT2D eigenvalue weighted by molar-refractivity contribution is -0.117. The van der Waals surface area contributed by atoms with Crippen LogP contribution in [0.3, 0.4) is 0 Å². The zero-order chi connectivity index (χ0) is 17.6. The Hall–Kier alpha value is -1.86. The normalized spacial score (nSPS) is 14.7. The lowest BCUT2D eigenvalue weighted by Gasteiger charge is -2.28. The van der Waals surface area contributed by atoms with Crippen molar-refractivity contribution in [1.82, 2.24) is 14.8 Å². The van der Waals surface area contributed by atoms with Crippen molar-refractivity contribution in [3.63, 3.8) is 0 Å². The van der Waals surface area contributed by atoms with Crippen LogP contribution in [0, 0.1) is 6.92 Å². The zero-order valence-corrected chi connectivity index (χ0v) is 15.6. The number of Topliss-reactive ketones (excluding diaryl/α,β-unsaturated/α-hetero) is 1. The number of morpholine rings is 1. The summed E-state index contributed by atoms with van der Waals surface area (Å²) in [5, 5.41) is 9.75. The van der Waals surface area contributed by atoms with E-state index in [9.17, 15) is 4.79 Å². The minimum Gasteiger partial charge on any atom is -0.378 e. The van der Waals surface area contributed by atoms with Gasteiger partial charge in [0.1, 0.15) is 5.78 Å². The molecule has 0 spiro atoms. The molecule has 25 heavy (non-hydrogen) atoms. The van der Waals surface area contributed by atoms with E-state index in [1.54, 1.807) is 18.7 Å². The Morgan fingerprint density at radius 3 is 2.80 bits per heavy atom. The second-order valence-corrected chi connectivity index (χ2v) is 7.27. The van der Waals surface area contributed by atoms with Crippen molar-refractivity contribution in [2.24, 2.45) is 0 Å². The number of hydrogen-bond acceptors (Lipinski definition) is 6. The van der Waals surface area contributed by atoms with Gasteiger partial charge in [0.25, 0.3) is 0 Å². The third-order valence-electron chi connectivity index (χ3n) is 4.07. The van der Waals surface area contributed by atoms with Crippen LogP contribution in [0.5, 0.6) is 0 Å². The van der Waals surface area contributed by atoms with Gasteiger partial charge in [-0.15, -0.1) is 10.2 Å². The van der Waals surface area contributed by atoms with E-state index in [1.807, 2.05) is 0 Å². The van der Waals surface area contributed by atoms with Gasteiger partial charge in [0.05, 0.1) is 18.9 Å². The van der Waals surface area contributed by atoms with Crippen LogP contribution < -0.4 is 4.90 Å². The van der Waals surface area contributed by atoms with Gasteiger partial charge in [-0.3, -0.25) is 4.57 Å². The summed E-state index contributed by atoms with van der Waals surface area (Å²) in [5.74, 6) is 1.95. The molecule has 1 fully saturated rings. The molecule has 0 aliphatic carbocycles. The molecule has 0 amide bonds. The molecule has 2 heterocycles. The molecule has 0 radical (unpaired) electrons. The van der Waals surface area contributed by atoms with Gasteiger partial charge in [0, 0.05) is 25.3 Å². The fraction of sp³-hybridized carbons (Fsp3) is 0.500. The predicted octanol–water partition coefficient (Wildman–Crippen LogP) is 2.87. The molecular weight excluding hydrogens is 336 g/mol. The van der Waals surface area contributed by atoms with Crippen molar-refractivity contribution in [2.75, 3.05) is 37.0 Å². The van der Waals surface area contributed by atoms with E-state index in [0.717, 1.165) is 42.1 Å². The summed E-state index contributed by atoms with van der Waals surface area (Å²) < 4.78 is 7.58. The smallest absolute Gasteiger partial charge is 0.232 e. The van der Waals surface area contributed by atoms with Gasteiger partial charge in [0.2, 0.25) is 5.95 Å². The molecule has 3 rings (SSSR count). The molecule has 1 saturated heterocycles. The predicted molar refractivity (Wildman–Crippen MR) is 99.8 cm³/mol. The number of carbonyl (C=O) groups is 1. The Kier molecular flexibility index (Phi) is 6.09. The third kappa shape index (κ3) is 4.61. The Morgan fingerprint density at radius 2 is 2.08 bits per heavy atom. The van der Waals surface area contributed by atoms with Crippen molar-refractivity contribution < 1.29 is 9.53 Å². The molecule has 2 aromatic rings. The average molecular weight is 360 g/mol. The summed E-state index contributed by atoms with van der Waals surface area (Å²) in [5.41, 5.74) is 2.27. The van der Waals surface area contributed by atoms with Gasteiger partial charge in [-0.25, -0.2) is 0 Å². The first-order chi connectivity index (χ1) is 12.1. The maximum Gasteiger partial charge on any atom is 0.232 e. The van der Waals surface area contributed by atoms with Gasteiger partial charge < -0.3 is 14.4 Å². The quantitative estimate of drug-likeness (QED) is 0.559. The van der Waals surface area contributed by atoms with E-state index in [1.165, 1.54) is 5.56 Å². The van der Waals surface area contributed by atoms with Crippen molar-refractivity contribution in [3.05, 3.63) is 29.8 Å². The maximum atomic E-state index is 11.1. The van der Waals surface area contributed by atoms with Crippen molar-refractivity contribution >= 4 is 23.5 Å². The van der Waals surface area contributed by atoms with E-state index in [2.05, 4.69) is 50.9 Å². The fourth-order valence-electron chi connectivity index (χ4n) is 2.80. The molecule has 7 heteroatoms. The number of aryl methyl sites for hydroxylation is 1. The monoisotopic (exact) mass is 360 g/mol. The van der Waals surface area contributed by atoms with Crippen LogP contribution in [0.4, 0.5) is 5.95 Å². The van der Waals surface area contributed by atoms with Crippen LogP contribution in [0.1, 0.15) is 25.3 Å². The highest BCUT2D eigenvalue weighted by atomic mass is 32.2. The molecule has 1 aromatic heterocycles. The zero-order valence-electron chi connectivity index (χ0n) is 14.8. The number of benzene rings is 1. The van der Waals surface area contributed by atoms with Crippen LogP contribution in [0.15, 0.2) is 29.4 Å². The molecule has 1 aliphatic rings. The molecular formula is C18H24N4O2S. The molecule has 1 aromatic carbocycles. The Bertz CT molecular complexity index is 726. The molecule has 0 N–H and O–H groups in total. The molecule has 0 bridgehead atoms. The first kappa shape index (κ1) is 17.9. The van der Waals surface area contributed by atoms with Gasteiger partial charge in [-0.05, 0) is 38.0 Å². The second-order valence-electron chi connectivity index (χ2n) is 6.21. The number of hydrogen-bond donors (Lipinski definition) is 0. The van der Waals surface area contributed by atoms with Crippen LogP contribution in [-0.4, -0.2) is 52.6 Å². The van der Waals surface area contributed by atoms with Crippen LogP contribution in [-0.2, 0) is 9.53 Å². The summed E-state index contributed by atoms with van der Waals surface area (Å²) >= 11 is 1.65. The van der Waals surface area contributed by atoms with Gasteiger partial charge in [-0.2, -0.15) is 0 Å². The van der Waals surface area contributed by atoms with Crippen molar-refractivity contribution in [1.29, 1.82) is 0 Å². The number of ether oxygens (including phenoxy) is 1. The summed E-state index contributed by atoms with van der Waals surface area (Å²) in [6, 6.07) is 8.37. The van der Waals surface area contributed by atoms with Gasteiger partial charge in [0.15, 0.2) is 5.16 Å².